The number of hydrogen-bond acceptors (Lipinski definition) is 13. The maximum atomic E-state index is 12.3. The zero-order valence-corrected chi connectivity index (χ0v) is 33.5. The fourth-order valence-electron chi connectivity index (χ4n) is 4.48. The third kappa shape index (κ3) is 15.6. The molecule has 0 amide bonds. The molecule has 0 aliphatic heterocycles. The van der Waals surface area contributed by atoms with Crippen molar-refractivity contribution in [1.82, 2.24) is 14.7 Å². The molecule has 0 heterocycles. The summed E-state index contributed by atoms with van der Waals surface area (Å²) in [6.07, 6.45) is 0. The first-order valence-corrected chi connectivity index (χ1v) is 28.8. The second-order valence-corrected chi connectivity index (χ2v) is 28.8. The van der Waals surface area contributed by atoms with Crippen molar-refractivity contribution in [3.8, 4) is 0 Å². The zero-order chi connectivity index (χ0) is 42.4. The van der Waals surface area contributed by atoms with Crippen LogP contribution in [0.1, 0.15) is 0 Å². The van der Waals surface area contributed by atoms with E-state index < -0.39 is 144 Å². The van der Waals surface area contributed by atoms with Crippen molar-refractivity contribution < 1.29 is 144 Å². The molecule has 52 heavy (non-hydrogen) atoms. The van der Waals surface area contributed by atoms with Gasteiger partial charge in [0.05, 0.1) is 0 Å². The first kappa shape index (κ1) is 53.4. The molecule has 0 aromatic rings. The van der Waals surface area contributed by atoms with Gasteiger partial charge in [-0.05, 0) is 0 Å². The monoisotopic (exact) mass is 973 g/mol. The van der Waals surface area contributed by atoms with Gasteiger partial charge in [0.2, 0.25) is 27.6 Å². The number of hydrogen-bond donors (Lipinski definition) is 20. The lowest BCUT2D eigenvalue weighted by Gasteiger charge is -2.41. The molecule has 33 nitrogen and oxygen atoms in total. The van der Waals surface area contributed by atoms with Gasteiger partial charge in [-0.2, -0.15) is 0 Å². The fourth-order valence-corrected chi connectivity index (χ4v) is 19.6. The van der Waals surface area contributed by atoms with Crippen LogP contribution >= 0.6 is 76.0 Å². The summed E-state index contributed by atoms with van der Waals surface area (Å²) in [5.41, 5.74) is -19.9. The second-order valence-electron chi connectivity index (χ2n) is 10.1. The van der Waals surface area contributed by atoms with Crippen LogP contribution in [0.25, 0.3) is 0 Å². The van der Waals surface area contributed by atoms with Crippen LogP contribution in [0.15, 0.2) is 0 Å². The maximum absolute atomic E-state index is 12.3. The van der Waals surface area contributed by atoms with E-state index in [1.165, 1.54) is 0 Å². The molecule has 0 bridgehead atoms. The molecular weight excluding hydrogens is 940 g/mol. The summed E-state index contributed by atoms with van der Waals surface area (Å²) < 4.78 is 121. The lowest BCUT2D eigenvalue weighted by atomic mass is 10.4. The Hall–Kier alpha value is 1.38. The summed E-state index contributed by atoms with van der Waals surface area (Å²) in [4.78, 5) is 190. The Morgan fingerprint density at radius 3 is 0.500 bits per heavy atom. The first-order chi connectivity index (χ1) is 22.2. The van der Waals surface area contributed by atoms with Gasteiger partial charge in [-0.1, -0.05) is 0 Å². The Morgan fingerprint density at radius 1 is 0.250 bits per heavy atom. The minimum Gasteiger partial charge on any atom is -0.323 e. The van der Waals surface area contributed by atoms with Crippen molar-refractivity contribution in [3.63, 3.8) is 0 Å². The molecule has 43 heteroatoms. The van der Waals surface area contributed by atoms with Gasteiger partial charge in [0.1, 0.15) is 0 Å². The lowest BCUT2D eigenvalue weighted by Crippen LogP contribution is -2.51. The standard InChI is InChI=1S/C9H33N3O30P10/c13-43(14,15)5(44(16,17)18)10(1-3-11(6(45(19,20)21)46(22,23)24)7(47(25,26)27)48(28,29)30)2-4-12(8(49(31,32)33)50(34,35)36)9(51(37,38)39)52(40,41)42/h5-9H,1-4H2,(H2,13,14,15)(H2,16,17,18)(H2,19,20,21)(H2,22,23,24)(H2,25,26,27)(H2,28,29,30)(H2,31,32,33)(H2,34,35,36)(H2,37,38,39)(H2,40,41,42). The predicted molar refractivity (Wildman–Crippen MR) is 164 cm³/mol. The van der Waals surface area contributed by atoms with Gasteiger partial charge < -0.3 is 97.9 Å². The largest absolute Gasteiger partial charge is 0.355 e. The van der Waals surface area contributed by atoms with Crippen LogP contribution in [0.2, 0.25) is 0 Å². The SMILES string of the molecule is O=P(O)(O)C(N(CCN(C(P(=O)(O)O)P(=O)(O)O)C(P(=O)(O)O)P(=O)(O)O)CCN(C(P(=O)(O)O)P(=O)(O)O)C(P(=O)(O)O)P(=O)(O)O)P(=O)(O)O. The number of rotatable bonds is 21. The summed E-state index contributed by atoms with van der Waals surface area (Å²) in [6.45, 7) is -8.57. The van der Waals surface area contributed by atoms with Crippen LogP contribution in [0.5, 0.6) is 0 Å². The molecule has 0 unspecified atom stereocenters. The van der Waals surface area contributed by atoms with Gasteiger partial charge in [-0.15, -0.1) is 0 Å². The topological polar surface area (TPSA) is 585 Å². The molecular formula is C9H33N3O30P10. The van der Waals surface area contributed by atoms with E-state index in [1.807, 2.05) is 0 Å². The van der Waals surface area contributed by atoms with Crippen molar-refractivity contribution in [2.45, 2.75) is 27.6 Å². The molecule has 0 aromatic heterocycles. The molecule has 0 aromatic carbocycles. The van der Waals surface area contributed by atoms with Gasteiger partial charge in [-0.25, -0.2) is 0 Å². The quantitative estimate of drug-likeness (QED) is 0.0479. The summed E-state index contributed by atoms with van der Waals surface area (Å²) in [5.74, 6) is 0. The van der Waals surface area contributed by atoms with Crippen molar-refractivity contribution in [2.24, 2.45) is 0 Å². The molecule has 0 saturated carbocycles. The fraction of sp³-hybridized carbons (Fsp3) is 1.00. The highest BCUT2D eigenvalue weighted by Gasteiger charge is 2.61. The normalized spacial score (nSPS) is 15.8. The molecule has 0 aliphatic carbocycles. The van der Waals surface area contributed by atoms with E-state index >= 15 is 0 Å². The zero-order valence-electron chi connectivity index (χ0n) is 24.6. The van der Waals surface area contributed by atoms with Crippen molar-refractivity contribution in [1.29, 1.82) is 0 Å². The minimum atomic E-state index is -6.63. The van der Waals surface area contributed by atoms with E-state index in [-0.39, 0.29) is 0 Å². The molecule has 0 fully saturated rings. The van der Waals surface area contributed by atoms with Crippen molar-refractivity contribution in [2.75, 3.05) is 26.2 Å². The van der Waals surface area contributed by atoms with Crippen LogP contribution < -0.4 is 0 Å². The molecule has 0 atom stereocenters. The van der Waals surface area contributed by atoms with Gasteiger partial charge >= 0.3 is 76.0 Å². The van der Waals surface area contributed by atoms with Crippen LogP contribution in [0.4, 0.5) is 0 Å². The molecule has 0 radical (unpaired) electrons. The molecule has 0 spiro atoms. The van der Waals surface area contributed by atoms with Crippen molar-refractivity contribution >= 4 is 76.0 Å². The third-order valence-electron chi connectivity index (χ3n) is 5.81. The second kappa shape index (κ2) is 17.3. The average Bonchev–Trinajstić information content (AvgIpc) is 2.70. The number of nitrogens with zero attached hydrogens (tertiary/aromatic N) is 3. The maximum Gasteiger partial charge on any atom is 0.355 e. The van der Waals surface area contributed by atoms with Crippen LogP contribution in [0.3, 0.4) is 0 Å². The lowest BCUT2D eigenvalue weighted by molar-refractivity contribution is 0.141. The van der Waals surface area contributed by atoms with Crippen LogP contribution in [-0.2, 0) is 45.7 Å². The Balaban J connectivity index is 8.09. The van der Waals surface area contributed by atoms with Crippen molar-refractivity contribution in [3.05, 3.63) is 0 Å². The van der Waals surface area contributed by atoms with E-state index in [9.17, 15) is 144 Å². The van der Waals surface area contributed by atoms with Gasteiger partial charge in [0.25, 0.3) is 0 Å². The molecule has 20 N–H and O–H groups in total. The van der Waals surface area contributed by atoms with E-state index in [1.54, 1.807) is 0 Å². The van der Waals surface area contributed by atoms with Gasteiger partial charge in [0.15, 0.2) is 0 Å². The summed E-state index contributed by atoms with van der Waals surface area (Å²) in [5, 5.41) is 0. The van der Waals surface area contributed by atoms with Gasteiger partial charge in [-0.3, -0.25) is 60.4 Å². The van der Waals surface area contributed by atoms with E-state index in [0.29, 0.717) is 0 Å². The molecule has 0 rings (SSSR count). The van der Waals surface area contributed by atoms with Crippen LogP contribution in [-0.4, -0.2) is 166 Å². The minimum absolute atomic E-state index is 0.582. The molecule has 0 aliphatic rings. The Bertz CT molecular complexity index is 1440. The highest BCUT2D eigenvalue weighted by atomic mass is 31.3. The summed E-state index contributed by atoms with van der Waals surface area (Å²) >= 11 is 0. The average molecular weight is 973 g/mol. The first-order valence-electron chi connectivity index (χ1n) is 12.0. The van der Waals surface area contributed by atoms with E-state index in [2.05, 4.69) is 0 Å². The Kier molecular flexibility index (Phi) is 17.8. The third-order valence-corrected chi connectivity index (χ3v) is 23.9. The van der Waals surface area contributed by atoms with E-state index in [0.717, 1.165) is 0 Å². The highest BCUT2D eigenvalue weighted by Crippen LogP contribution is 2.70. The molecule has 314 valence electrons. The van der Waals surface area contributed by atoms with E-state index in [4.69, 9.17) is 0 Å². The Labute approximate surface area is 287 Å². The van der Waals surface area contributed by atoms with Crippen LogP contribution in [0, 0.1) is 0 Å². The Morgan fingerprint density at radius 2 is 0.385 bits per heavy atom. The molecule has 0 saturated heterocycles. The predicted octanol–water partition coefficient (Wildman–Crippen LogP) is -4.91. The van der Waals surface area contributed by atoms with Gasteiger partial charge in [0, 0.05) is 26.2 Å². The summed E-state index contributed by atoms with van der Waals surface area (Å²) in [7, 11) is -66.1. The smallest absolute Gasteiger partial charge is 0.323 e. The highest BCUT2D eigenvalue weighted by molar-refractivity contribution is 7.73. The summed E-state index contributed by atoms with van der Waals surface area (Å²) in [6, 6.07) is 0.